The molecule has 1 unspecified atom stereocenters. The van der Waals surface area contributed by atoms with Gasteiger partial charge in [-0.1, -0.05) is 23.2 Å². The van der Waals surface area contributed by atoms with E-state index < -0.39 is 41.2 Å². The highest BCUT2D eigenvalue weighted by molar-refractivity contribution is 8.00. The first-order valence-electron chi connectivity index (χ1n) is 12.0. The van der Waals surface area contributed by atoms with Crippen molar-refractivity contribution in [2.75, 3.05) is 24.6 Å². The molecular weight excluding hydrogens is 601 g/mol. The Hall–Kier alpha value is -2.81. The summed E-state index contributed by atoms with van der Waals surface area (Å²) in [5, 5.41) is 25.2. The molecule has 0 saturated carbocycles. The molecule has 0 radical (unpaired) electrons. The normalized spacial score (nSPS) is 19.0. The van der Waals surface area contributed by atoms with Gasteiger partial charge in [0.1, 0.15) is 22.7 Å². The van der Waals surface area contributed by atoms with Crippen molar-refractivity contribution in [3.63, 3.8) is 0 Å². The van der Waals surface area contributed by atoms with E-state index in [4.69, 9.17) is 28.9 Å². The quantitative estimate of drug-likeness (QED) is 0.138. The van der Waals surface area contributed by atoms with Crippen LogP contribution in [0, 0.1) is 0 Å². The summed E-state index contributed by atoms with van der Waals surface area (Å²) in [4.78, 5) is 52.0. The molecule has 0 bridgehead atoms. The summed E-state index contributed by atoms with van der Waals surface area (Å²) in [7, 11) is 0. The summed E-state index contributed by atoms with van der Waals surface area (Å²) < 4.78 is 1.65. The molecule has 3 heterocycles. The average Bonchev–Trinajstić information content (AvgIpc) is 2.94. The zero-order valence-corrected chi connectivity index (χ0v) is 24.0. The third kappa shape index (κ3) is 6.90. The molecule has 1 fully saturated rings. The number of aromatic nitrogens is 1. The van der Waals surface area contributed by atoms with E-state index in [2.05, 4.69) is 10.6 Å². The number of nitrogens with one attached hydrogen (secondary N) is 2. The molecule has 2 aromatic rings. The number of carbonyl (C=O) groups is 4. The summed E-state index contributed by atoms with van der Waals surface area (Å²) in [5.41, 5.74) is 6.02. The van der Waals surface area contributed by atoms with Crippen LogP contribution < -0.4 is 20.9 Å². The number of aliphatic hydroxyl groups excluding tert-OH is 1. The van der Waals surface area contributed by atoms with Gasteiger partial charge in [-0.3, -0.25) is 19.3 Å². The fourth-order valence-corrected chi connectivity index (χ4v) is 6.76. The molecule has 2 aliphatic rings. The maximum atomic E-state index is 13.0. The van der Waals surface area contributed by atoms with Gasteiger partial charge in [0, 0.05) is 40.4 Å². The zero-order valence-electron chi connectivity index (χ0n) is 20.9. The predicted molar refractivity (Wildman–Crippen MR) is 151 cm³/mol. The molecule has 15 heteroatoms. The van der Waals surface area contributed by atoms with Crippen molar-refractivity contribution in [1.82, 2.24) is 15.5 Å². The first-order valence-corrected chi connectivity index (χ1v) is 14.8. The smallest absolute Gasteiger partial charge is 0.352 e. The van der Waals surface area contributed by atoms with Gasteiger partial charge < -0.3 is 26.6 Å². The highest BCUT2D eigenvalue weighted by atomic mass is 35.5. The van der Waals surface area contributed by atoms with Crippen LogP contribution in [0.25, 0.3) is 0 Å². The molecule has 40 heavy (non-hydrogen) atoms. The Bertz CT molecular complexity index is 1380. The lowest BCUT2D eigenvalue weighted by Crippen LogP contribution is -2.71. The SMILES string of the molecule is NCC(O)CNC(=O)c1ccc[n+](CC2=C(C(=O)O)N3C(=O)[C@@H](NC(=O)CSc4cc(Cl)ccc4Cl)[C@H]3SC2)c1. The molecule has 212 valence electrons. The van der Waals surface area contributed by atoms with Crippen LogP contribution in [0.1, 0.15) is 10.4 Å². The van der Waals surface area contributed by atoms with E-state index >= 15 is 0 Å². The summed E-state index contributed by atoms with van der Waals surface area (Å²) in [5.74, 6) is -2.27. The predicted octanol–water partition coefficient (Wildman–Crippen LogP) is 0.861. The van der Waals surface area contributed by atoms with Crippen LogP contribution in [-0.2, 0) is 20.9 Å². The van der Waals surface area contributed by atoms with Gasteiger partial charge in [-0.15, -0.1) is 23.5 Å². The number of carboxylic acid groups (broad SMARTS) is 1. The number of hydrogen-bond donors (Lipinski definition) is 5. The summed E-state index contributed by atoms with van der Waals surface area (Å²) in [6.45, 7) is 0.139. The minimum Gasteiger partial charge on any atom is -0.477 e. The van der Waals surface area contributed by atoms with Crippen molar-refractivity contribution in [2.45, 2.75) is 29.0 Å². The third-order valence-corrected chi connectivity index (χ3v) is 9.15. The van der Waals surface area contributed by atoms with E-state index in [9.17, 15) is 29.4 Å². The zero-order chi connectivity index (χ0) is 29.0. The molecule has 3 amide bonds. The number of pyridine rings is 1. The molecular formula is C25H26Cl2N5O6S2+. The molecule has 1 saturated heterocycles. The molecule has 11 nitrogen and oxygen atoms in total. The van der Waals surface area contributed by atoms with Crippen LogP contribution in [-0.4, -0.2) is 80.9 Å². The first kappa shape index (κ1) is 30.2. The van der Waals surface area contributed by atoms with Gasteiger partial charge in [0.2, 0.25) is 5.91 Å². The van der Waals surface area contributed by atoms with Crippen molar-refractivity contribution in [2.24, 2.45) is 5.73 Å². The van der Waals surface area contributed by atoms with Crippen LogP contribution in [0.5, 0.6) is 0 Å². The van der Waals surface area contributed by atoms with Gasteiger partial charge in [0.15, 0.2) is 18.9 Å². The molecule has 3 atom stereocenters. The lowest BCUT2D eigenvalue weighted by atomic mass is 10.0. The second-order valence-electron chi connectivity index (χ2n) is 8.94. The van der Waals surface area contributed by atoms with Crippen molar-refractivity contribution < 1.29 is 34.0 Å². The summed E-state index contributed by atoms with van der Waals surface area (Å²) >= 11 is 14.7. The van der Waals surface area contributed by atoms with Crippen molar-refractivity contribution in [3.8, 4) is 0 Å². The molecule has 4 rings (SSSR count). The number of rotatable bonds is 11. The summed E-state index contributed by atoms with van der Waals surface area (Å²) in [6.07, 6.45) is 2.37. The van der Waals surface area contributed by atoms with Crippen LogP contribution in [0.3, 0.4) is 0 Å². The number of thioether (sulfide) groups is 2. The van der Waals surface area contributed by atoms with Crippen LogP contribution in [0.15, 0.2) is 58.9 Å². The number of carboxylic acids is 1. The first-order chi connectivity index (χ1) is 19.1. The van der Waals surface area contributed by atoms with Gasteiger partial charge >= 0.3 is 5.97 Å². The van der Waals surface area contributed by atoms with E-state index in [1.165, 1.54) is 28.4 Å². The molecule has 1 aromatic carbocycles. The van der Waals surface area contributed by atoms with Crippen LogP contribution >= 0.6 is 46.7 Å². The Labute approximate surface area is 248 Å². The van der Waals surface area contributed by atoms with E-state index in [1.807, 2.05) is 0 Å². The molecule has 2 aliphatic heterocycles. The molecule has 6 N–H and O–H groups in total. The minimum atomic E-state index is -1.25. The number of benzene rings is 1. The number of amides is 3. The third-order valence-electron chi connectivity index (χ3n) is 6.08. The van der Waals surface area contributed by atoms with E-state index in [-0.39, 0.29) is 31.1 Å². The Kier molecular flexibility index (Phi) is 9.98. The number of halogens is 2. The van der Waals surface area contributed by atoms with E-state index in [0.717, 1.165) is 0 Å². The fraction of sp³-hybridized carbons (Fsp3) is 0.320. The van der Waals surface area contributed by atoms with Gasteiger partial charge in [-0.25, -0.2) is 9.36 Å². The number of β-lactam (4-membered cyclic amide) rings is 1. The number of carbonyl (C=O) groups excluding carboxylic acids is 3. The Morgan fingerprint density at radius 2 is 2.05 bits per heavy atom. The Balaban J connectivity index is 1.41. The van der Waals surface area contributed by atoms with Gasteiger partial charge in [-0.05, 0) is 24.3 Å². The topological polar surface area (TPSA) is 166 Å². The van der Waals surface area contributed by atoms with Crippen LogP contribution in [0.2, 0.25) is 10.0 Å². The minimum absolute atomic E-state index is 0.000152. The van der Waals surface area contributed by atoms with Gasteiger partial charge in [-0.2, -0.15) is 0 Å². The monoisotopic (exact) mass is 626 g/mol. The number of aliphatic hydroxyl groups is 1. The fourth-order valence-electron chi connectivity index (χ4n) is 4.12. The number of nitrogens with two attached hydrogens (primary N) is 1. The van der Waals surface area contributed by atoms with Crippen molar-refractivity contribution >= 4 is 70.4 Å². The van der Waals surface area contributed by atoms with Gasteiger partial charge in [0.05, 0.1) is 16.9 Å². The molecule has 0 spiro atoms. The lowest BCUT2D eigenvalue weighted by Gasteiger charge is -2.49. The molecule has 0 aliphatic carbocycles. The van der Waals surface area contributed by atoms with Crippen molar-refractivity contribution in [1.29, 1.82) is 0 Å². The second kappa shape index (κ2) is 13.2. The maximum absolute atomic E-state index is 13.0. The Morgan fingerprint density at radius 1 is 1.27 bits per heavy atom. The second-order valence-corrected chi connectivity index (χ2v) is 11.9. The average molecular weight is 628 g/mol. The highest BCUT2D eigenvalue weighted by Gasteiger charge is 2.54. The van der Waals surface area contributed by atoms with Gasteiger partial charge in [0.25, 0.3) is 11.8 Å². The van der Waals surface area contributed by atoms with E-state index in [1.54, 1.807) is 47.3 Å². The highest BCUT2D eigenvalue weighted by Crippen LogP contribution is 2.40. The van der Waals surface area contributed by atoms with E-state index in [0.29, 0.717) is 31.8 Å². The molecule has 1 aromatic heterocycles. The maximum Gasteiger partial charge on any atom is 0.352 e. The number of fused-ring (bicyclic) bond motifs is 1. The number of nitrogens with zero attached hydrogens (tertiary/aromatic N) is 2. The van der Waals surface area contributed by atoms with Crippen molar-refractivity contribution in [3.05, 3.63) is 69.6 Å². The lowest BCUT2D eigenvalue weighted by molar-refractivity contribution is -0.689. The largest absolute Gasteiger partial charge is 0.477 e. The number of aliphatic carboxylic acids is 1. The summed E-state index contributed by atoms with van der Waals surface area (Å²) in [6, 6.07) is 7.29. The van der Waals surface area contributed by atoms with Crippen LogP contribution in [0.4, 0.5) is 0 Å². The standard InChI is InChI=1S/C25H25Cl2N5O6S2/c26-15-3-4-17(27)18(6-15)39-12-19(34)30-20-23(36)32-21(25(37)38)14(11-40-24(20)32)10-31-5-1-2-13(9-31)22(35)29-8-16(33)7-28/h1-6,9,16,20,24,33H,7-8,10-12,28H2,(H2-,29,30,34,35,37,38)/p+1/t16?,20-,24-/m1/s1. The number of hydrogen-bond acceptors (Lipinski definition) is 8. The Morgan fingerprint density at radius 3 is 2.77 bits per heavy atom.